The Hall–Kier alpha value is -0.410. The molecule has 0 radical (unpaired) electrons. The Kier molecular flexibility index (Phi) is 5.41. The predicted molar refractivity (Wildman–Crippen MR) is 121 cm³/mol. The highest BCUT2D eigenvalue weighted by Gasteiger charge is 2.62. The van der Waals surface area contributed by atoms with Gasteiger partial charge in [-0.05, 0) is 111 Å². The lowest BCUT2D eigenvalue weighted by atomic mass is 9.44. The fraction of sp³-hybridized carbons (Fsp3) is 0.963. The number of hydrogen-bond donors (Lipinski definition) is 2. The van der Waals surface area contributed by atoms with Crippen molar-refractivity contribution in [2.45, 2.75) is 104 Å². The Balaban J connectivity index is 1.36. The third kappa shape index (κ3) is 3.16. The van der Waals surface area contributed by atoms with Gasteiger partial charge in [0.15, 0.2) is 0 Å². The molecule has 5 rings (SSSR count). The zero-order valence-electron chi connectivity index (χ0n) is 19.8. The molecule has 5 fully saturated rings. The van der Waals surface area contributed by atoms with Crippen LogP contribution in [0.4, 0.5) is 0 Å². The van der Waals surface area contributed by atoms with Gasteiger partial charge >= 0.3 is 0 Å². The number of hydrogen-bond acceptors (Lipinski definition) is 3. The highest BCUT2D eigenvalue weighted by Crippen LogP contribution is 2.67. The van der Waals surface area contributed by atoms with Crippen LogP contribution in [-0.2, 0) is 4.79 Å². The van der Waals surface area contributed by atoms with Gasteiger partial charge < -0.3 is 10.4 Å². The van der Waals surface area contributed by atoms with Crippen molar-refractivity contribution < 1.29 is 9.90 Å². The summed E-state index contributed by atoms with van der Waals surface area (Å²) in [6, 6.07) is 0.689. The van der Waals surface area contributed by atoms with Gasteiger partial charge in [-0.15, -0.1) is 0 Å². The zero-order valence-corrected chi connectivity index (χ0v) is 19.8. The van der Waals surface area contributed by atoms with E-state index in [9.17, 15) is 9.90 Å². The smallest absolute Gasteiger partial charge is 0.136 e. The molecule has 0 spiro atoms. The number of aliphatic hydroxyl groups excluding tert-OH is 1. The summed E-state index contributed by atoms with van der Waals surface area (Å²) in [6.07, 6.45) is 11.3. The van der Waals surface area contributed by atoms with Gasteiger partial charge in [-0.1, -0.05) is 27.7 Å². The molecule has 1 saturated heterocycles. The summed E-state index contributed by atoms with van der Waals surface area (Å²) in [7, 11) is 0. The van der Waals surface area contributed by atoms with E-state index in [1.54, 1.807) is 0 Å². The minimum absolute atomic E-state index is 0.122. The van der Waals surface area contributed by atoms with Crippen molar-refractivity contribution in [3.05, 3.63) is 0 Å². The lowest BCUT2D eigenvalue weighted by Crippen LogP contribution is -2.57. The number of nitrogens with one attached hydrogen (secondary N) is 1. The number of carbonyl (C=O) groups is 1. The van der Waals surface area contributed by atoms with Crippen LogP contribution in [0, 0.1) is 52.3 Å². The van der Waals surface area contributed by atoms with E-state index in [0.717, 1.165) is 49.4 Å². The first kappa shape index (κ1) is 21.4. The SMILES string of the molecule is C[C@H]1CC[C@H]([C@@H](C)[C@H]2CC[C@H]3[C@@H]4CC(=O)[C@H]5C[C@@H](O)CC[C@]5(C)[C@H]4CC[C@]23C)NC1. The molecule has 0 bridgehead atoms. The van der Waals surface area contributed by atoms with Crippen LogP contribution in [0.3, 0.4) is 0 Å². The maximum absolute atomic E-state index is 13.3. The number of Topliss-reactive ketones (excluding diaryl/α,β-unsaturated/α-hetero) is 1. The van der Waals surface area contributed by atoms with E-state index < -0.39 is 0 Å². The van der Waals surface area contributed by atoms with Crippen molar-refractivity contribution in [2.75, 3.05) is 6.54 Å². The maximum atomic E-state index is 13.3. The monoisotopic (exact) mass is 415 g/mol. The van der Waals surface area contributed by atoms with E-state index in [4.69, 9.17) is 0 Å². The molecule has 3 heteroatoms. The topological polar surface area (TPSA) is 49.3 Å². The van der Waals surface area contributed by atoms with E-state index in [1.165, 1.54) is 45.1 Å². The van der Waals surface area contributed by atoms with E-state index in [0.29, 0.717) is 29.1 Å². The fourth-order valence-electron chi connectivity index (χ4n) is 9.67. The zero-order chi connectivity index (χ0) is 21.3. The Morgan fingerprint density at radius 3 is 2.47 bits per heavy atom. The van der Waals surface area contributed by atoms with Crippen molar-refractivity contribution in [3.63, 3.8) is 0 Å². The second-order valence-corrected chi connectivity index (χ2v) is 12.8. The molecule has 3 nitrogen and oxygen atoms in total. The van der Waals surface area contributed by atoms with Gasteiger partial charge in [-0.25, -0.2) is 0 Å². The first-order valence-corrected chi connectivity index (χ1v) is 13.2. The molecular formula is C27H45NO2. The molecule has 30 heavy (non-hydrogen) atoms. The second-order valence-electron chi connectivity index (χ2n) is 12.8. The minimum atomic E-state index is -0.250. The molecule has 0 aromatic carbocycles. The van der Waals surface area contributed by atoms with E-state index in [1.807, 2.05) is 0 Å². The lowest BCUT2D eigenvalue weighted by Gasteiger charge is -2.60. The Morgan fingerprint density at radius 2 is 1.73 bits per heavy atom. The first-order valence-electron chi connectivity index (χ1n) is 13.2. The van der Waals surface area contributed by atoms with Crippen molar-refractivity contribution in [1.29, 1.82) is 0 Å². The van der Waals surface area contributed by atoms with Crippen molar-refractivity contribution in [3.8, 4) is 0 Å². The number of piperidine rings is 1. The summed E-state index contributed by atoms with van der Waals surface area (Å²) < 4.78 is 0. The highest BCUT2D eigenvalue weighted by molar-refractivity contribution is 5.83. The van der Waals surface area contributed by atoms with Crippen LogP contribution in [0.5, 0.6) is 0 Å². The predicted octanol–water partition coefficient (Wildman–Crippen LogP) is 5.21. The molecule has 0 amide bonds. The van der Waals surface area contributed by atoms with Gasteiger partial charge in [0.1, 0.15) is 5.78 Å². The van der Waals surface area contributed by atoms with E-state index in [-0.39, 0.29) is 17.4 Å². The number of aliphatic hydroxyl groups is 1. The van der Waals surface area contributed by atoms with Crippen molar-refractivity contribution in [2.24, 2.45) is 52.3 Å². The average molecular weight is 416 g/mol. The summed E-state index contributed by atoms with van der Waals surface area (Å²) in [5.41, 5.74) is 0.564. The summed E-state index contributed by atoms with van der Waals surface area (Å²) in [6.45, 7) is 11.1. The average Bonchev–Trinajstić information content (AvgIpc) is 3.07. The molecule has 170 valence electrons. The summed E-state index contributed by atoms with van der Waals surface area (Å²) >= 11 is 0. The van der Waals surface area contributed by atoms with Crippen molar-refractivity contribution >= 4 is 5.78 Å². The second kappa shape index (κ2) is 7.58. The molecule has 1 aliphatic heterocycles. The molecule has 0 aromatic rings. The van der Waals surface area contributed by atoms with Crippen LogP contribution in [0.15, 0.2) is 0 Å². The Morgan fingerprint density at radius 1 is 1.00 bits per heavy atom. The standard InChI is InChI=1S/C27H45NO2/c1-16-5-8-24(28-15-16)17(2)20-6-7-21-19-14-25(30)23-13-18(29)9-11-27(23,4)22(19)10-12-26(20,21)3/h16-24,28-29H,5-15H2,1-4H3/t16-,17-,18-,19-,20+,21-,22-,23+,24+,26+,27+/m0/s1. The van der Waals surface area contributed by atoms with Gasteiger partial charge in [0, 0.05) is 18.4 Å². The molecule has 2 N–H and O–H groups in total. The molecule has 11 atom stereocenters. The largest absolute Gasteiger partial charge is 0.393 e. The van der Waals surface area contributed by atoms with Gasteiger partial charge in [-0.3, -0.25) is 4.79 Å². The van der Waals surface area contributed by atoms with Gasteiger partial charge in [-0.2, -0.15) is 0 Å². The summed E-state index contributed by atoms with van der Waals surface area (Å²) in [4.78, 5) is 13.3. The Labute approximate surface area is 184 Å². The molecule has 1 heterocycles. The third-order valence-corrected chi connectivity index (χ3v) is 11.5. The maximum Gasteiger partial charge on any atom is 0.136 e. The fourth-order valence-corrected chi connectivity index (χ4v) is 9.67. The van der Waals surface area contributed by atoms with Crippen LogP contribution in [0.1, 0.15) is 91.9 Å². The third-order valence-electron chi connectivity index (χ3n) is 11.5. The lowest BCUT2D eigenvalue weighted by molar-refractivity contribution is -0.160. The minimum Gasteiger partial charge on any atom is -0.393 e. The van der Waals surface area contributed by atoms with E-state index >= 15 is 0 Å². The molecule has 4 aliphatic carbocycles. The van der Waals surface area contributed by atoms with Crippen LogP contribution in [0.25, 0.3) is 0 Å². The van der Waals surface area contributed by atoms with Gasteiger partial charge in [0.2, 0.25) is 0 Å². The molecular weight excluding hydrogens is 370 g/mol. The van der Waals surface area contributed by atoms with Gasteiger partial charge in [0.25, 0.3) is 0 Å². The molecule has 0 unspecified atom stereocenters. The van der Waals surface area contributed by atoms with Gasteiger partial charge in [0.05, 0.1) is 6.10 Å². The summed E-state index contributed by atoms with van der Waals surface area (Å²) in [5, 5.41) is 14.1. The number of ketones is 1. The number of rotatable bonds is 2. The van der Waals surface area contributed by atoms with Crippen LogP contribution in [0.2, 0.25) is 0 Å². The van der Waals surface area contributed by atoms with Crippen LogP contribution >= 0.6 is 0 Å². The number of carbonyl (C=O) groups excluding carboxylic acids is 1. The Bertz CT molecular complexity index is 670. The first-order chi connectivity index (χ1) is 14.2. The van der Waals surface area contributed by atoms with Crippen LogP contribution in [-0.4, -0.2) is 29.6 Å². The van der Waals surface area contributed by atoms with Crippen molar-refractivity contribution in [1.82, 2.24) is 5.32 Å². The summed E-state index contributed by atoms with van der Waals surface area (Å²) in [5.74, 6) is 5.03. The normalized spacial score (nSPS) is 54.8. The highest BCUT2D eigenvalue weighted by atomic mass is 16.3. The quantitative estimate of drug-likeness (QED) is 0.651. The van der Waals surface area contributed by atoms with Crippen LogP contribution < -0.4 is 5.32 Å². The number of fused-ring (bicyclic) bond motifs is 5. The molecule has 0 aromatic heterocycles. The van der Waals surface area contributed by atoms with E-state index in [2.05, 4.69) is 33.0 Å². The molecule has 4 saturated carbocycles. The molecule has 5 aliphatic rings.